The van der Waals surface area contributed by atoms with Crippen molar-refractivity contribution in [1.29, 1.82) is 0 Å². The molecule has 146 valence electrons. The maximum Gasteiger partial charge on any atom is 0.243 e. The van der Waals surface area contributed by atoms with Crippen LogP contribution in [0.25, 0.3) is 0 Å². The number of benzene rings is 1. The van der Waals surface area contributed by atoms with Gasteiger partial charge in [-0.25, -0.2) is 8.42 Å². The highest BCUT2D eigenvalue weighted by Gasteiger charge is 2.28. The molecule has 26 heavy (non-hydrogen) atoms. The normalized spacial score (nSPS) is 19.9. The lowest BCUT2D eigenvalue weighted by Crippen LogP contribution is -2.49. The summed E-state index contributed by atoms with van der Waals surface area (Å²) in [5, 5.41) is 6.12. The molecule has 2 fully saturated rings. The Bertz CT molecular complexity index is 699. The fourth-order valence-electron chi connectivity index (χ4n) is 3.26. The predicted molar refractivity (Wildman–Crippen MR) is 104 cm³/mol. The molecule has 2 heterocycles. The van der Waals surface area contributed by atoms with Gasteiger partial charge in [0.1, 0.15) is 0 Å². The molecule has 0 aliphatic carbocycles. The van der Waals surface area contributed by atoms with Crippen molar-refractivity contribution in [2.45, 2.75) is 37.6 Å². The van der Waals surface area contributed by atoms with Crippen LogP contribution < -0.4 is 10.6 Å². The number of sulfonamides is 1. The van der Waals surface area contributed by atoms with E-state index in [1.54, 1.807) is 28.6 Å². The molecule has 6 nitrogen and oxygen atoms in total. The van der Waals surface area contributed by atoms with Crippen molar-refractivity contribution < 1.29 is 13.2 Å². The van der Waals surface area contributed by atoms with Gasteiger partial charge in [0.2, 0.25) is 15.9 Å². The summed E-state index contributed by atoms with van der Waals surface area (Å²) in [4.78, 5) is 12.5. The zero-order valence-electron chi connectivity index (χ0n) is 15.1. The van der Waals surface area contributed by atoms with Crippen LogP contribution in [0.2, 0.25) is 0 Å². The van der Waals surface area contributed by atoms with Gasteiger partial charge in [-0.3, -0.25) is 4.79 Å². The zero-order valence-corrected chi connectivity index (χ0v) is 16.7. The number of amides is 1. The van der Waals surface area contributed by atoms with Crippen LogP contribution >= 0.6 is 12.4 Å². The predicted octanol–water partition coefficient (Wildman–Crippen LogP) is 1.75. The number of carbonyl (C=O) groups is 1. The van der Waals surface area contributed by atoms with Gasteiger partial charge in [-0.15, -0.1) is 12.4 Å². The van der Waals surface area contributed by atoms with Crippen molar-refractivity contribution in [3.05, 3.63) is 29.8 Å². The van der Waals surface area contributed by atoms with E-state index in [9.17, 15) is 13.2 Å². The van der Waals surface area contributed by atoms with E-state index < -0.39 is 10.0 Å². The number of hydrogen-bond donors (Lipinski definition) is 2. The number of rotatable bonds is 6. The third-order valence-corrected chi connectivity index (χ3v) is 7.19. The van der Waals surface area contributed by atoms with Gasteiger partial charge in [0, 0.05) is 25.6 Å². The summed E-state index contributed by atoms with van der Waals surface area (Å²) in [6.07, 6.45) is 2.95. The van der Waals surface area contributed by atoms with Crippen LogP contribution in [0.1, 0.15) is 31.7 Å². The fraction of sp³-hybridized carbons (Fsp3) is 0.611. The number of carbonyl (C=O) groups excluding carboxylic acids is 1. The summed E-state index contributed by atoms with van der Waals surface area (Å²) >= 11 is 0. The van der Waals surface area contributed by atoms with Gasteiger partial charge < -0.3 is 10.6 Å². The third-order valence-electron chi connectivity index (χ3n) is 5.28. The second-order valence-corrected chi connectivity index (χ2v) is 8.97. The van der Waals surface area contributed by atoms with E-state index >= 15 is 0 Å². The average molecular weight is 402 g/mol. The average Bonchev–Trinajstić information content (AvgIpc) is 2.59. The molecule has 8 heteroatoms. The first-order valence-corrected chi connectivity index (χ1v) is 10.5. The van der Waals surface area contributed by atoms with Gasteiger partial charge in [0.25, 0.3) is 0 Å². The van der Waals surface area contributed by atoms with E-state index in [-0.39, 0.29) is 24.2 Å². The quantitative estimate of drug-likeness (QED) is 0.761. The van der Waals surface area contributed by atoms with Gasteiger partial charge in [0.05, 0.1) is 4.90 Å². The minimum Gasteiger partial charge on any atom is -0.352 e. The molecule has 1 atom stereocenters. The molecule has 2 saturated heterocycles. The van der Waals surface area contributed by atoms with Crippen molar-refractivity contribution in [3.8, 4) is 0 Å². The van der Waals surface area contributed by atoms with Gasteiger partial charge in [-0.05, 0) is 49.5 Å². The monoisotopic (exact) mass is 401 g/mol. The Morgan fingerprint density at radius 3 is 2.35 bits per heavy atom. The Balaban J connectivity index is 0.00000243. The Kier molecular flexibility index (Phi) is 7.46. The van der Waals surface area contributed by atoms with E-state index in [0.717, 1.165) is 37.9 Å². The molecule has 0 saturated carbocycles. The summed E-state index contributed by atoms with van der Waals surface area (Å²) in [7, 11) is -3.39. The summed E-state index contributed by atoms with van der Waals surface area (Å²) in [5.41, 5.74) is 0.907. The van der Waals surface area contributed by atoms with E-state index in [2.05, 4.69) is 10.6 Å². The second-order valence-electron chi connectivity index (χ2n) is 7.03. The molecule has 1 amide bonds. The topological polar surface area (TPSA) is 78.5 Å². The summed E-state index contributed by atoms with van der Waals surface area (Å²) in [5.74, 6) is 0.466. The third kappa shape index (κ3) is 4.76. The highest BCUT2D eigenvalue weighted by atomic mass is 35.5. The van der Waals surface area contributed by atoms with Crippen molar-refractivity contribution in [1.82, 2.24) is 14.9 Å². The maximum atomic E-state index is 12.6. The molecule has 3 rings (SSSR count). The molecular weight excluding hydrogens is 374 g/mol. The molecule has 0 bridgehead atoms. The molecule has 2 aliphatic heterocycles. The van der Waals surface area contributed by atoms with E-state index in [1.165, 1.54) is 0 Å². The molecule has 1 unspecified atom stereocenters. The molecule has 0 radical (unpaired) electrons. The first-order chi connectivity index (χ1) is 12.0. The SMILES string of the molecule is CC(C(=O)NCc1ccc(S(=O)(=O)N2CCCCC2)cc1)C1CNC1.Cl. The molecule has 0 aromatic heterocycles. The van der Waals surface area contributed by atoms with Crippen LogP contribution in [0.15, 0.2) is 29.2 Å². The number of nitrogens with zero attached hydrogens (tertiary/aromatic N) is 1. The Hall–Kier alpha value is -1.15. The zero-order chi connectivity index (χ0) is 17.9. The van der Waals surface area contributed by atoms with E-state index in [1.807, 2.05) is 6.92 Å². The number of nitrogens with one attached hydrogen (secondary N) is 2. The van der Waals surface area contributed by atoms with Gasteiger partial charge in [0.15, 0.2) is 0 Å². The second kappa shape index (κ2) is 9.17. The Morgan fingerprint density at radius 1 is 1.19 bits per heavy atom. The molecule has 2 aliphatic rings. The number of piperidine rings is 1. The largest absolute Gasteiger partial charge is 0.352 e. The summed E-state index contributed by atoms with van der Waals surface area (Å²) < 4.78 is 26.8. The highest BCUT2D eigenvalue weighted by Crippen LogP contribution is 2.21. The highest BCUT2D eigenvalue weighted by molar-refractivity contribution is 7.89. The van der Waals surface area contributed by atoms with Crippen LogP contribution in [0.4, 0.5) is 0 Å². The minimum absolute atomic E-state index is 0. The Labute approximate surface area is 162 Å². The van der Waals surface area contributed by atoms with Crippen molar-refractivity contribution in [2.24, 2.45) is 11.8 Å². The smallest absolute Gasteiger partial charge is 0.243 e. The number of halogens is 1. The van der Waals surface area contributed by atoms with Crippen LogP contribution in [-0.4, -0.2) is 44.8 Å². The number of hydrogen-bond acceptors (Lipinski definition) is 4. The Morgan fingerprint density at radius 2 is 1.81 bits per heavy atom. The standard InChI is InChI=1S/C18H27N3O3S.ClH/c1-14(16-12-19-13-16)18(22)20-11-15-5-7-17(8-6-15)25(23,24)21-9-3-2-4-10-21;/h5-8,14,16,19H,2-4,9-13H2,1H3,(H,20,22);1H. The molecule has 1 aromatic rings. The van der Waals surface area contributed by atoms with Crippen LogP contribution in [0, 0.1) is 11.8 Å². The molecule has 0 spiro atoms. The minimum atomic E-state index is -3.39. The van der Waals surface area contributed by atoms with E-state index in [4.69, 9.17) is 0 Å². The molecule has 2 N–H and O–H groups in total. The van der Waals surface area contributed by atoms with Gasteiger partial charge in [-0.1, -0.05) is 25.5 Å². The maximum absolute atomic E-state index is 12.6. The fourth-order valence-corrected chi connectivity index (χ4v) is 4.78. The summed E-state index contributed by atoms with van der Waals surface area (Å²) in [6.45, 7) is 5.39. The van der Waals surface area contributed by atoms with Crippen LogP contribution in [0.5, 0.6) is 0 Å². The lowest BCUT2D eigenvalue weighted by molar-refractivity contribution is -0.126. The summed E-state index contributed by atoms with van der Waals surface area (Å²) in [6, 6.07) is 6.86. The van der Waals surface area contributed by atoms with Crippen LogP contribution in [0.3, 0.4) is 0 Å². The van der Waals surface area contributed by atoms with E-state index in [0.29, 0.717) is 30.4 Å². The van der Waals surface area contributed by atoms with Crippen molar-refractivity contribution >= 4 is 28.3 Å². The lowest BCUT2D eigenvalue weighted by atomic mass is 9.88. The molecule has 1 aromatic carbocycles. The van der Waals surface area contributed by atoms with Crippen molar-refractivity contribution in [2.75, 3.05) is 26.2 Å². The first kappa shape index (κ1) is 21.2. The lowest BCUT2D eigenvalue weighted by Gasteiger charge is -2.31. The van der Waals surface area contributed by atoms with Gasteiger partial charge in [-0.2, -0.15) is 4.31 Å². The van der Waals surface area contributed by atoms with Gasteiger partial charge >= 0.3 is 0 Å². The first-order valence-electron chi connectivity index (χ1n) is 9.06. The van der Waals surface area contributed by atoms with Crippen LogP contribution in [-0.2, 0) is 21.4 Å². The molecular formula is C18H28ClN3O3S. The van der Waals surface area contributed by atoms with Crippen molar-refractivity contribution in [3.63, 3.8) is 0 Å².